The Morgan fingerprint density at radius 3 is 2.52 bits per heavy atom. The van der Waals surface area contributed by atoms with Crippen LogP contribution >= 0.6 is 12.8 Å². The molecule has 1 aliphatic rings. The van der Waals surface area contributed by atoms with Crippen molar-refractivity contribution in [2.45, 2.75) is 32.7 Å². The lowest BCUT2D eigenvalue weighted by Gasteiger charge is -2.15. The van der Waals surface area contributed by atoms with Gasteiger partial charge in [0.05, 0.1) is 17.2 Å². The molecule has 0 aliphatic heterocycles. The number of amides is 2. The molecule has 138 valence electrons. The van der Waals surface area contributed by atoms with E-state index in [0.717, 1.165) is 40.6 Å². The normalized spacial score (nSPS) is 13.6. The summed E-state index contributed by atoms with van der Waals surface area (Å²) in [7, 11) is 0. The van der Waals surface area contributed by atoms with Crippen LogP contribution in [0.25, 0.3) is 22.2 Å². The molecule has 2 aromatic carbocycles. The van der Waals surface area contributed by atoms with Gasteiger partial charge in [-0.05, 0) is 73.2 Å². The van der Waals surface area contributed by atoms with Crippen LogP contribution in [-0.4, -0.2) is 31.5 Å². The Balaban J connectivity index is 1.66. The number of aromatic hydroxyl groups is 1. The third-order valence-corrected chi connectivity index (χ3v) is 5.21. The van der Waals surface area contributed by atoms with Gasteiger partial charge in [-0.2, -0.15) is 0 Å². The smallest absolute Gasteiger partial charge is 0.333 e. The third-order valence-electron chi connectivity index (χ3n) is 4.70. The molecule has 2 N–H and O–H groups in total. The quantitative estimate of drug-likeness (QED) is 0.586. The van der Waals surface area contributed by atoms with E-state index in [2.05, 4.69) is 28.1 Å². The molecule has 3 aromatic rings. The number of benzene rings is 2. The zero-order valence-corrected chi connectivity index (χ0v) is 16.0. The van der Waals surface area contributed by atoms with E-state index in [9.17, 15) is 9.90 Å². The molecule has 1 aliphatic carbocycles. The summed E-state index contributed by atoms with van der Waals surface area (Å²) < 4.78 is 1.41. The zero-order valence-electron chi connectivity index (χ0n) is 15.1. The Morgan fingerprint density at radius 2 is 1.85 bits per heavy atom. The van der Waals surface area contributed by atoms with Crippen molar-refractivity contribution < 1.29 is 9.90 Å². The molecule has 1 saturated carbocycles. The lowest BCUT2D eigenvalue weighted by molar-refractivity contribution is 0.238. The Labute approximate surface area is 162 Å². The van der Waals surface area contributed by atoms with Gasteiger partial charge < -0.3 is 5.11 Å². The molecular formula is C20H20N4O2S. The average molecular weight is 380 g/mol. The third kappa shape index (κ3) is 3.55. The Bertz CT molecular complexity index is 1030. The van der Waals surface area contributed by atoms with Crippen LogP contribution in [-0.2, 0) is 0 Å². The van der Waals surface area contributed by atoms with Crippen LogP contribution < -0.4 is 5.32 Å². The first-order valence-corrected chi connectivity index (χ1v) is 9.19. The van der Waals surface area contributed by atoms with Gasteiger partial charge in [-0.1, -0.05) is 18.9 Å². The van der Waals surface area contributed by atoms with E-state index < -0.39 is 0 Å². The number of hydrogen-bond acceptors (Lipinski definition) is 5. The lowest BCUT2D eigenvalue weighted by Crippen LogP contribution is -2.29. The van der Waals surface area contributed by atoms with Crippen LogP contribution in [0.1, 0.15) is 24.0 Å². The largest absolute Gasteiger partial charge is 0.507 e. The van der Waals surface area contributed by atoms with Gasteiger partial charge in [-0.3, -0.25) is 14.6 Å². The number of rotatable bonds is 3. The van der Waals surface area contributed by atoms with Crippen LogP contribution in [0, 0.1) is 13.8 Å². The number of anilines is 1. The highest BCUT2D eigenvalue weighted by Crippen LogP contribution is 2.31. The van der Waals surface area contributed by atoms with Gasteiger partial charge >= 0.3 is 6.03 Å². The van der Waals surface area contributed by atoms with Gasteiger partial charge in [0.1, 0.15) is 5.75 Å². The number of nitrogens with one attached hydrogen (secondary N) is 1. The highest BCUT2D eigenvalue weighted by atomic mass is 32.1. The van der Waals surface area contributed by atoms with Crippen molar-refractivity contribution >= 4 is 35.7 Å². The van der Waals surface area contributed by atoms with E-state index in [1.54, 1.807) is 6.20 Å². The molecule has 0 atom stereocenters. The maximum absolute atomic E-state index is 12.2. The first kappa shape index (κ1) is 17.6. The maximum Gasteiger partial charge on any atom is 0.333 e. The Hall–Kier alpha value is -2.80. The van der Waals surface area contributed by atoms with Crippen molar-refractivity contribution in [3.8, 4) is 16.9 Å². The highest BCUT2D eigenvalue weighted by Gasteiger charge is 2.30. The number of nitrogens with zero attached hydrogens (tertiary/aromatic N) is 3. The minimum Gasteiger partial charge on any atom is -0.507 e. The molecule has 0 radical (unpaired) electrons. The fourth-order valence-electron chi connectivity index (χ4n) is 3.03. The SMILES string of the molecule is Cc1cc(-c2ccc3ncc(NC(=O)N(S)C4CC4)nc3c2)cc(C)c1O. The number of carbonyl (C=O) groups is 1. The molecule has 2 amide bonds. The number of carbonyl (C=O) groups excluding carboxylic acids is 1. The van der Waals surface area contributed by atoms with Gasteiger partial charge in [-0.25, -0.2) is 9.78 Å². The zero-order chi connectivity index (χ0) is 19.1. The second-order valence-electron chi connectivity index (χ2n) is 6.92. The van der Waals surface area contributed by atoms with Crippen molar-refractivity contribution in [3.05, 3.63) is 47.7 Å². The Kier molecular flexibility index (Phi) is 4.39. The van der Waals surface area contributed by atoms with Crippen molar-refractivity contribution in [1.29, 1.82) is 0 Å². The topological polar surface area (TPSA) is 78.4 Å². The van der Waals surface area contributed by atoms with E-state index in [1.807, 2.05) is 44.2 Å². The van der Waals surface area contributed by atoms with Gasteiger partial charge in [0.15, 0.2) is 5.82 Å². The van der Waals surface area contributed by atoms with Gasteiger partial charge in [0.2, 0.25) is 0 Å². The van der Waals surface area contributed by atoms with Crippen LogP contribution in [0.15, 0.2) is 36.5 Å². The number of phenols is 1. The molecule has 7 heteroatoms. The maximum atomic E-state index is 12.2. The molecule has 0 saturated heterocycles. The van der Waals surface area contributed by atoms with Gasteiger partial charge in [0.25, 0.3) is 0 Å². The summed E-state index contributed by atoms with van der Waals surface area (Å²) in [6.45, 7) is 3.76. The second kappa shape index (κ2) is 6.74. The van der Waals surface area contributed by atoms with E-state index in [-0.39, 0.29) is 12.1 Å². The molecule has 1 heterocycles. The molecule has 1 fully saturated rings. The van der Waals surface area contributed by atoms with E-state index >= 15 is 0 Å². The van der Waals surface area contributed by atoms with Crippen LogP contribution in [0.3, 0.4) is 0 Å². The monoisotopic (exact) mass is 380 g/mol. The summed E-state index contributed by atoms with van der Waals surface area (Å²) >= 11 is 4.23. The molecule has 1 aromatic heterocycles. The number of aryl methyl sites for hydroxylation is 2. The summed E-state index contributed by atoms with van der Waals surface area (Å²) in [5.74, 6) is 0.707. The van der Waals surface area contributed by atoms with Crippen molar-refractivity contribution in [3.63, 3.8) is 0 Å². The minimum absolute atomic E-state index is 0.203. The first-order chi connectivity index (χ1) is 12.9. The standard InChI is InChI=1S/C20H20N4O2S/c1-11-7-14(8-12(2)19(11)25)13-3-6-16-17(9-13)22-18(10-21-16)23-20(26)24(27)15-4-5-15/h3,6-10,15,25,27H,4-5H2,1-2H3,(H,22,23,26). The summed E-state index contributed by atoms with van der Waals surface area (Å²) in [6.07, 6.45) is 3.51. The predicted molar refractivity (Wildman–Crippen MR) is 109 cm³/mol. The summed E-state index contributed by atoms with van der Waals surface area (Å²) in [6, 6.07) is 9.60. The minimum atomic E-state index is -0.296. The molecule has 27 heavy (non-hydrogen) atoms. The van der Waals surface area contributed by atoms with Crippen molar-refractivity contribution in [2.75, 3.05) is 5.32 Å². The number of fused-ring (bicyclic) bond motifs is 1. The lowest BCUT2D eigenvalue weighted by atomic mass is 9.99. The Morgan fingerprint density at radius 1 is 1.15 bits per heavy atom. The predicted octanol–water partition coefficient (Wildman–Crippen LogP) is 4.46. The number of aromatic nitrogens is 2. The highest BCUT2D eigenvalue weighted by molar-refractivity contribution is 7.78. The number of hydrogen-bond donors (Lipinski definition) is 3. The number of phenolic OH excluding ortho intramolecular Hbond substituents is 1. The molecule has 6 nitrogen and oxygen atoms in total. The van der Waals surface area contributed by atoms with E-state index in [4.69, 9.17) is 0 Å². The summed E-state index contributed by atoms with van der Waals surface area (Å²) in [4.78, 5) is 21.1. The first-order valence-electron chi connectivity index (χ1n) is 8.79. The molecule has 0 bridgehead atoms. The molecular weight excluding hydrogens is 360 g/mol. The van der Waals surface area contributed by atoms with Gasteiger partial charge in [0, 0.05) is 6.04 Å². The molecule has 0 unspecified atom stereocenters. The molecule has 0 spiro atoms. The second-order valence-corrected chi connectivity index (χ2v) is 7.35. The van der Waals surface area contributed by atoms with Crippen LogP contribution in [0.5, 0.6) is 5.75 Å². The summed E-state index contributed by atoms with van der Waals surface area (Å²) in [5.41, 5.74) is 5.05. The van der Waals surface area contributed by atoms with Crippen LogP contribution in [0.4, 0.5) is 10.6 Å². The van der Waals surface area contributed by atoms with Crippen molar-refractivity contribution in [1.82, 2.24) is 14.3 Å². The fraction of sp³-hybridized carbons (Fsp3) is 0.250. The number of thiol groups is 1. The van der Waals surface area contributed by atoms with Gasteiger partial charge in [-0.15, -0.1) is 0 Å². The molecule has 4 rings (SSSR count). The van der Waals surface area contributed by atoms with Crippen molar-refractivity contribution in [2.24, 2.45) is 0 Å². The van der Waals surface area contributed by atoms with E-state index in [1.165, 1.54) is 4.31 Å². The number of urea groups is 1. The average Bonchev–Trinajstić information content (AvgIpc) is 3.49. The van der Waals surface area contributed by atoms with Crippen LogP contribution in [0.2, 0.25) is 0 Å². The fourth-order valence-corrected chi connectivity index (χ4v) is 3.31. The summed E-state index contributed by atoms with van der Waals surface area (Å²) in [5, 5.41) is 12.7. The van der Waals surface area contributed by atoms with E-state index in [0.29, 0.717) is 17.1 Å².